The number of hydrogen-bond acceptors (Lipinski definition) is 1. The van der Waals surface area contributed by atoms with Gasteiger partial charge in [0, 0.05) is 6.04 Å². The van der Waals surface area contributed by atoms with Crippen molar-refractivity contribution in [1.82, 2.24) is 4.98 Å². The number of hydrogen-bond donors (Lipinski definition) is 1. The van der Waals surface area contributed by atoms with Crippen LogP contribution in [0.5, 0.6) is 0 Å². The predicted octanol–water partition coefficient (Wildman–Crippen LogP) is 1.74. The summed E-state index contributed by atoms with van der Waals surface area (Å²) in [6, 6.07) is 10.4. The van der Waals surface area contributed by atoms with Crippen LogP contribution in [0.2, 0.25) is 0 Å². The summed E-state index contributed by atoms with van der Waals surface area (Å²) in [6.07, 6.45) is 1.88. The van der Waals surface area contributed by atoms with Crippen LogP contribution in [0, 0.1) is 0 Å². The van der Waals surface area contributed by atoms with Gasteiger partial charge in [0.05, 0.1) is 0 Å². The first-order chi connectivity index (χ1) is 5.88. The minimum atomic E-state index is -0.637. The average Bonchev–Trinajstić information content (AvgIpc) is 2.15. The molecule has 3 heteroatoms. The third-order valence-corrected chi connectivity index (χ3v) is 2.75. The lowest BCUT2D eigenvalue weighted by molar-refractivity contribution is 0.824. The Hall–Kier alpha value is -0.573. The Morgan fingerprint density at radius 1 is 1.42 bits per heavy atom. The molecular formula is C9H12ClNSi. The van der Waals surface area contributed by atoms with Gasteiger partial charge in [-0.3, -0.25) is 0 Å². The first-order valence-electron chi connectivity index (χ1n) is 3.85. The molecule has 0 amide bonds. The fourth-order valence-corrected chi connectivity index (χ4v) is 2.15. The van der Waals surface area contributed by atoms with Crippen molar-refractivity contribution in [3.8, 4) is 0 Å². The van der Waals surface area contributed by atoms with Gasteiger partial charge < -0.3 is 4.98 Å². The Labute approximate surface area is 80.0 Å². The van der Waals surface area contributed by atoms with Gasteiger partial charge in [-0.05, 0) is 5.56 Å². The summed E-state index contributed by atoms with van der Waals surface area (Å²) < 4.78 is 0. The molecule has 0 saturated carbocycles. The molecule has 1 unspecified atom stereocenters. The third-order valence-electron chi connectivity index (χ3n) is 1.69. The number of nitrogens with one attached hydrogen (secondary N) is 1. The summed E-state index contributed by atoms with van der Waals surface area (Å²) in [4.78, 5) is 3.23. The van der Waals surface area contributed by atoms with E-state index in [-0.39, 0.29) is 6.04 Å². The van der Waals surface area contributed by atoms with Gasteiger partial charge in [-0.1, -0.05) is 36.4 Å². The molecule has 1 N–H and O–H groups in total. The normalized spacial score (nSPS) is 13.4. The maximum atomic E-state index is 5.70. The lowest BCUT2D eigenvalue weighted by atomic mass is 10.1. The van der Waals surface area contributed by atoms with Crippen molar-refractivity contribution < 1.29 is 0 Å². The maximum Gasteiger partial charge on any atom is 0.196 e. The Morgan fingerprint density at radius 3 is 2.58 bits per heavy atom. The van der Waals surface area contributed by atoms with E-state index in [1.54, 1.807) is 0 Å². The predicted molar refractivity (Wildman–Crippen MR) is 56.9 cm³/mol. The second-order valence-electron chi connectivity index (χ2n) is 2.46. The summed E-state index contributed by atoms with van der Waals surface area (Å²) in [5, 5.41) is 0. The zero-order chi connectivity index (χ0) is 8.81. The van der Waals surface area contributed by atoms with E-state index in [2.05, 4.69) is 23.7 Å². The molecule has 0 radical (unpaired) electrons. The number of rotatable bonds is 4. The zero-order valence-corrected chi connectivity index (χ0v) is 9.00. The molecule has 0 aliphatic rings. The lowest BCUT2D eigenvalue weighted by Gasteiger charge is -2.12. The van der Waals surface area contributed by atoms with Crippen LogP contribution in [-0.4, -0.2) is 8.99 Å². The molecule has 1 aromatic carbocycles. The van der Waals surface area contributed by atoms with Crippen molar-refractivity contribution in [2.45, 2.75) is 6.04 Å². The zero-order valence-electron chi connectivity index (χ0n) is 6.83. The van der Waals surface area contributed by atoms with Crippen molar-refractivity contribution in [2.75, 3.05) is 0 Å². The molecule has 12 heavy (non-hydrogen) atoms. The summed E-state index contributed by atoms with van der Waals surface area (Å²) in [5.41, 5.74) is 1.22. The fourth-order valence-electron chi connectivity index (χ4n) is 1.08. The van der Waals surface area contributed by atoms with Crippen LogP contribution in [-0.2, 0) is 0 Å². The minimum Gasteiger partial charge on any atom is -0.320 e. The molecule has 0 aliphatic heterocycles. The van der Waals surface area contributed by atoms with Gasteiger partial charge in [0.25, 0.3) is 0 Å². The van der Waals surface area contributed by atoms with E-state index < -0.39 is 8.99 Å². The van der Waals surface area contributed by atoms with Crippen LogP contribution in [0.25, 0.3) is 0 Å². The van der Waals surface area contributed by atoms with Crippen LogP contribution in [0.3, 0.4) is 0 Å². The van der Waals surface area contributed by atoms with E-state index in [4.69, 9.17) is 11.1 Å². The van der Waals surface area contributed by atoms with Gasteiger partial charge in [-0.25, -0.2) is 0 Å². The van der Waals surface area contributed by atoms with E-state index in [9.17, 15) is 0 Å². The van der Waals surface area contributed by atoms with Gasteiger partial charge in [-0.15, -0.1) is 6.58 Å². The summed E-state index contributed by atoms with van der Waals surface area (Å²) in [6.45, 7) is 3.76. The molecule has 0 spiro atoms. The number of benzene rings is 1. The second kappa shape index (κ2) is 5.14. The smallest absolute Gasteiger partial charge is 0.196 e. The van der Waals surface area contributed by atoms with Gasteiger partial charge in [0.1, 0.15) is 0 Å². The molecular weight excluding hydrogens is 186 g/mol. The fraction of sp³-hybridized carbons (Fsp3) is 0.111. The lowest BCUT2D eigenvalue weighted by Crippen LogP contribution is -2.19. The van der Waals surface area contributed by atoms with Crippen LogP contribution in [0.15, 0.2) is 43.0 Å². The molecule has 1 aromatic rings. The topological polar surface area (TPSA) is 12.0 Å². The average molecular weight is 198 g/mol. The Bertz CT molecular complexity index is 238. The highest BCUT2D eigenvalue weighted by Gasteiger charge is 2.03. The van der Waals surface area contributed by atoms with Crippen molar-refractivity contribution >= 4 is 20.1 Å². The molecule has 0 saturated heterocycles. The van der Waals surface area contributed by atoms with E-state index >= 15 is 0 Å². The van der Waals surface area contributed by atoms with Gasteiger partial charge in [0.15, 0.2) is 8.99 Å². The minimum absolute atomic E-state index is 0.218. The molecule has 0 aromatic heterocycles. The summed E-state index contributed by atoms with van der Waals surface area (Å²) in [5.74, 6) is 0. The second-order valence-corrected chi connectivity index (χ2v) is 3.94. The largest absolute Gasteiger partial charge is 0.320 e. The van der Waals surface area contributed by atoms with Crippen molar-refractivity contribution in [3.63, 3.8) is 0 Å². The monoisotopic (exact) mass is 197 g/mol. The third kappa shape index (κ3) is 2.48. The molecule has 1 nitrogen and oxygen atoms in total. The van der Waals surface area contributed by atoms with Crippen molar-refractivity contribution in [3.05, 3.63) is 48.6 Å². The van der Waals surface area contributed by atoms with Crippen LogP contribution >= 0.6 is 11.1 Å². The molecule has 0 bridgehead atoms. The Balaban J connectivity index is 2.73. The van der Waals surface area contributed by atoms with Crippen LogP contribution in [0.4, 0.5) is 0 Å². The maximum absolute atomic E-state index is 5.70. The van der Waals surface area contributed by atoms with E-state index in [0.29, 0.717) is 0 Å². The number of halogens is 1. The Kier molecular flexibility index (Phi) is 4.08. The van der Waals surface area contributed by atoms with Crippen LogP contribution in [0.1, 0.15) is 11.6 Å². The molecule has 0 heterocycles. The summed E-state index contributed by atoms with van der Waals surface area (Å²) in [7, 11) is -0.637. The van der Waals surface area contributed by atoms with Gasteiger partial charge in [0.2, 0.25) is 0 Å². The first kappa shape index (κ1) is 9.51. The van der Waals surface area contributed by atoms with E-state index in [1.165, 1.54) is 5.56 Å². The quantitative estimate of drug-likeness (QED) is 0.441. The SMILES string of the molecule is C=CC(N[SiH2]Cl)c1ccccc1. The van der Waals surface area contributed by atoms with Crippen molar-refractivity contribution in [2.24, 2.45) is 0 Å². The van der Waals surface area contributed by atoms with Crippen molar-refractivity contribution in [1.29, 1.82) is 0 Å². The van der Waals surface area contributed by atoms with E-state index in [0.717, 1.165) is 0 Å². The highest BCUT2D eigenvalue weighted by molar-refractivity contribution is 6.92. The molecule has 1 atom stereocenters. The summed E-state index contributed by atoms with van der Waals surface area (Å²) >= 11 is 5.70. The molecule has 1 rings (SSSR count). The molecule has 64 valence electrons. The Morgan fingerprint density at radius 2 is 2.08 bits per heavy atom. The molecule has 0 fully saturated rings. The first-order valence-corrected chi connectivity index (χ1v) is 6.70. The van der Waals surface area contributed by atoms with E-state index in [1.807, 2.05) is 24.3 Å². The molecule has 0 aliphatic carbocycles. The van der Waals surface area contributed by atoms with Crippen LogP contribution < -0.4 is 4.98 Å². The van der Waals surface area contributed by atoms with Gasteiger partial charge in [-0.2, -0.15) is 11.1 Å². The standard InChI is InChI=1S/C9H12ClNSi/c1-2-9(11-12-10)8-6-4-3-5-7-8/h2-7,9,11H,1,12H2. The van der Waals surface area contributed by atoms with Gasteiger partial charge >= 0.3 is 0 Å². The highest BCUT2D eigenvalue weighted by Crippen LogP contribution is 2.12. The highest BCUT2D eigenvalue weighted by atomic mass is 35.6.